The first-order chi connectivity index (χ1) is 9.71. The molecule has 0 atom stereocenters. The van der Waals surface area contributed by atoms with E-state index in [2.05, 4.69) is 10.1 Å². The van der Waals surface area contributed by atoms with E-state index in [0.717, 1.165) is 25.7 Å². The molecule has 0 aromatic carbocycles. The number of carbonyl (C=O) groups is 2. The molecule has 1 N–H and O–H groups in total. The summed E-state index contributed by atoms with van der Waals surface area (Å²) in [4.78, 5) is 25.0. The molecule has 0 radical (unpaired) electrons. The van der Waals surface area contributed by atoms with Crippen LogP contribution in [0.4, 0.5) is 4.79 Å². The number of ether oxygens (including phenoxy) is 2. The molecular formula is C15H28N2O4. The van der Waals surface area contributed by atoms with E-state index in [-0.39, 0.29) is 18.1 Å². The minimum Gasteiger partial charge on any atom is -0.468 e. The minimum absolute atomic E-state index is 0.155. The standard InChI is InChI=1S/C15H28N2O4/c1-15(2,3)21-14(19)16-11-6-8-12(9-7-11)17(4)10-13(18)20-5/h11-12H,6-10H2,1-5H3,(H,16,19)/t11-,12-. The van der Waals surface area contributed by atoms with E-state index in [1.165, 1.54) is 7.11 Å². The Kier molecular flexibility index (Phi) is 6.45. The molecule has 0 heterocycles. The molecule has 1 saturated carbocycles. The Morgan fingerprint density at radius 2 is 1.76 bits per heavy atom. The first kappa shape index (κ1) is 17.8. The zero-order chi connectivity index (χ0) is 16.0. The van der Waals surface area contributed by atoms with Crippen molar-refractivity contribution in [1.82, 2.24) is 10.2 Å². The lowest BCUT2D eigenvalue weighted by molar-refractivity contribution is -0.142. The summed E-state index contributed by atoms with van der Waals surface area (Å²) in [7, 11) is 3.33. The predicted molar refractivity (Wildman–Crippen MR) is 80.1 cm³/mol. The fourth-order valence-electron chi connectivity index (χ4n) is 2.53. The number of nitrogens with zero attached hydrogens (tertiary/aromatic N) is 1. The number of methoxy groups -OCH3 is 1. The summed E-state index contributed by atoms with van der Waals surface area (Å²) in [5.74, 6) is -0.216. The molecule has 0 bridgehead atoms. The highest BCUT2D eigenvalue weighted by Gasteiger charge is 2.27. The van der Waals surface area contributed by atoms with Crippen molar-refractivity contribution in [3.05, 3.63) is 0 Å². The lowest BCUT2D eigenvalue weighted by Gasteiger charge is -2.34. The predicted octanol–water partition coefficient (Wildman–Crippen LogP) is 1.93. The molecule has 6 heteroatoms. The molecule has 0 aromatic rings. The molecule has 21 heavy (non-hydrogen) atoms. The first-order valence-electron chi connectivity index (χ1n) is 7.48. The van der Waals surface area contributed by atoms with Crippen LogP contribution in [0.25, 0.3) is 0 Å². The fourth-order valence-corrected chi connectivity index (χ4v) is 2.53. The van der Waals surface area contributed by atoms with Crippen molar-refractivity contribution in [2.24, 2.45) is 0 Å². The second-order valence-corrected chi connectivity index (χ2v) is 6.64. The third-order valence-corrected chi connectivity index (χ3v) is 3.65. The molecule has 1 rings (SSSR count). The van der Waals surface area contributed by atoms with Crippen LogP contribution < -0.4 is 5.32 Å². The van der Waals surface area contributed by atoms with Gasteiger partial charge >= 0.3 is 12.1 Å². The van der Waals surface area contributed by atoms with Gasteiger partial charge in [0.2, 0.25) is 0 Å². The SMILES string of the molecule is COC(=O)CN(C)[C@H]1CC[C@H](NC(=O)OC(C)(C)C)CC1. The van der Waals surface area contributed by atoms with Crippen LogP contribution in [-0.4, -0.2) is 55.3 Å². The largest absolute Gasteiger partial charge is 0.468 e. The molecule has 6 nitrogen and oxygen atoms in total. The van der Waals surface area contributed by atoms with Gasteiger partial charge in [-0.3, -0.25) is 9.69 Å². The van der Waals surface area contributed by atoms with Crippen LogP contribution in [0.2, 0.25) is 0 Å². The number of amides is 1. The van der Waals surface area contributed by atoms with Crippen LogP contribution in [0, 0.1) is 0 Å². The maximum absolute atomic E-state index is 11.7. The quantitative estimate of drug-likeness (QED) is 0.804. The maximum Gasteiger partial charge on any atom is 0.407 e. The zero-order valence-electron chi connectivity index (χ0n) is 13.8. The van der Waals surface area contributed by atoms with Crippen LogP contribution in [-0.2, 0) is 14.3 Å². The summed E-state index contributed by atoms with van der Waals surface area (Å²) >= 11 is 0. The Balaban J connectivity index is 2.32. The molecule has 0 spiro atoms. The molecule has 1 aliphatic carbocycles. The van der Waals surface area contributed by atoms with Crippen LogP contribution in [0.3, 0.4) is 0 Å². The molecule has 0 aromatic heterocycles. The molecule has 122 valence electrons. The molecule has 1 fully saturated rings. The van der Waals surface area contributed by atoms with Crippen LogP contribution in [0.15, 0.2) is 0 Å². The smallest absolute Gasteiger partial charge is 0.407 e. The summed E-state index contributed by atoms with van der Waals surface area (Å²) in [6.45, 7) is 5.87. The molecule has 0 aliphatic heterocycles. The van der Waals surface area contributed by atoms with Gasteiger partial charge in [-0.15, -0.1) is 0 Å². The first-order valence-corrected chi connectivity index (χ1v) is 7.48. The summed E-state index contributed by atoms with van der Waals surface area (Å²) in [5.41, 5.74) is -0.470. The van der Waals surface area contributed by atoms with E-state index in [9.17, 15) is 9.59 Å². The maximum atomic E-state index is 11.7. The van der Waals surface area contributed by atoms with Gasteiger partial charge in [-0.1, -0.05) is 0 Å². The normalized spacial score (nSPS) is 22.8. The van der Waals surface area contributed by atoms with E-state index in [4.69, 9.17) is 4.74 Å². The van der Waals surface area contributed by atoms with Crippen LogP contribution in [0.5, 0.6) is 0 Å². The Morgan fingerprint density at radius 1 is 1.19 bits per heavy atom. The highest BCUT2D eigenvalue weighted by molar-refractivity contribution is 5.71. The van der Waals surface area contributed by atoms with Gasteiger partial charge in [0.15, 0.2) is 0 Å². The number of rotatable bonds is 4. The minimum atomic E-state index is -0.470. The third-order valence-electron chi connectivity index (χ3n) is 3.65. The number of likely N-dealkylation sites (N-methyl/N-ethyl adjacent to an activating group) is 1. The second-order valence-electron chi connectivity index (χ2n) is 6.64. The van der Waals surface area contributed by atoms with E-state index in [1.54, 1.807) is 0 Å². The van der Waals surface area contributed by atoms with E-state index in [1.807, 2.05) is 32.7 Å². The summed E-state index contributed by atoms with van der Waals surface area (Å²) in [6, 6.07) is 0.517. The highest BCUT2D eigenvalue weighted by atomic mass is 16.6. The van der Waals surface area contributed by atoms with E-state index in [0.29, 0.717) is 12.6 Å². The lowest BCUT2D eigenvalue weighted by atomic mass is 9.90. The number of nitrogens with one attached hydrogen (secondary N) is 1. The molecule has 1 aliphatic rings. The van der Waals surface area contributed by atoms with E-state index < -0.39 is 5.60 Å². The van der Waals surface area contributed by atoms with Gasteiger partial charge in [-0.25, -0.2) is 4.79 Å². The van der Waals surface area contributed by atoms with E-state index >= 15 is 0 Å². The van der Waals surface area contributed by atoms with Gasteiger partial charge in [0.05, 0.1) is 13.7 Å². The number of carbonyl (C=O) groups excluding carboxylic acids is 2. The fraction of sp³-hybridized carbons (Fsp3) is 0.867. The second kappa shape index (κ2) is 7.64. The van der Waals surface area contributed by atoms with Gasteiger partial charge in [0.1, 0.15) is 5.60 Å². The lowest BCUT2D eigenvalue weighted by Crippen LogP contribution is -2.45. The monoisotopic (exact) mass is 300 g/mol. The number of alkyl carbamates (subject to hydrolysis) is 1. The number of hydrogen-bond donors (Lipinski definition) is 1. The highest BCUT2D eigenvalue weighted by Crippen LogP contribution is 2.22. The van der Waals surface area contributed by atoms with Crippen molar-refractivity contribution >= 4 is 12.1 Å². The van der Waals surface area contributed by atoms with Crippen molar-refractivity contribution in [2.75, 3.05) is 20.7 Å². The van der Waals surface area contributed by atoms with Crippen LogP contribution >= 0.6 is 0 Å². The van der Waals surface area contributed by atoms with Gasteiger partial charge in [0, 0.05) is 12.1 Å². The average molecular weight is 300 g/mol. The zero-order valence-corrected chi connectivity index (χ0v) is 13.8. The molecular weight excluding hydrogens is 272 g/mol. The van der Waals surface area contributed by atoms with Crippen molar-refractivity contribution in [3.8, 4) is 0 Å². The van der Waals surface area contributed by atoms with Crippen LogP contribution in [0.1, 0.15) is 46.5 Å². The Labute approximate surface area is 127 Å². The average Bonchev–Trinajstić information content (AvgIpc) is 2.36. The molecule has 0 unspecified atom stereocenters. The summed E-state index contributed by atoms with van der Waals surface area (Å²) in [6.07, 6.45) is 3.35. The van der Waals surface area contributed by atoms with Crippen molar-refractivity contribution in [3.63, 3.8) is 0 Å². The molecule has 0 saturated heterocycles. The van der Waals surface area contributed by atoms with Gasteiger partial charge in [0.25, 0.3) is 0 Å². The third kappa shape index (κ3) is 6.80. The van der Waals surface area contributed by atoms with Gasteiger partial charge in [-0.2, -0.15) is 0 Å². The van der Waals surface area contributed by atoms with Crippen molar-refractivity contribution in [1.29, 1.82) is 0 Å². The van der Waals surface area contributed by atoms with Crippen molar-refractivity contribution < 1.29 is 19.1 Å². The van der Waals surface area contributed by atoms with Crippen molar-refractivity contribution in [2.45, 2.75) is 64.1 Å². The summed E-state index contributed by atoms with van der Waals surface area (Å²) in [5, 5.41) is 2.92. The topological polar surface area (TPSA) is 67.9 Å². The van der Waals surface area contributed by atoms with Gasteiger partial charge < -0.3 is 14.8 Å². The Morgan fingerprint density at radius 3 is 2.24 bits per heavy atom. The number of hydrogen-bond acceptors (Lipinski definition) is 5. The Hall–Kier alpha value is -1.30. The summed E-state index contributed by atoms with van der Waals surface area (Å²) < 4.78 is 9.94. The molecule has 1 amide bonds. The number of esters is 1. The Bertz CT molecular complexity index is 357. The van der Waals surface area contributed by atoms with Gasteiger partial charge in [-0.05, 0) is 53.5 Å².